The molecule has 0 saturated carbocycles. The minimum absolute atomic E-state index is 0.0725. The van der Waals surface area contributed by atoms with Crippen molar-refractivity contribution < 1.29 is 28.6 Å². The number of halogens is 1. The van der Waals surface area contributed by atoms with Crippen LogP contribution in [0, 0.1) is 0 Å². The number of methoxy groups -OCH3 is 1. The van der Waals surface area contributed by atoms with Crippen molar-refractivity contribution in [2.75, 3.05) is 25.1 Å². The largest absolute Gasteiger partial charge is 0.497 e. The number of carboxylic acid groups (broad SMARTS) is 1. The smallest absolute Gasteiger partial charge is 0.356 e. The number of benzene rings is 2. The summed E-state index contributed by atoms with van der Waals surface area (Å²) in [7, 11) is 1.57. The Morgan fingerprint density at radius 3 is 2.33 bits per heavy atom. The molecular weight excluding hydrogens is 634 g/mol. The molecule has 2 amide bonds. The van der Waals surface area contributed by atoms with Gasteiger partial charge >= 0.3 is 5.97 Å². The van der Waals surface area contributed by atoms with E-state index in [0.717, 1.165) is 22.4 Å². The van der Waals surface area contributed by atoms with E-state index in [-0.39, 0.29) is 42.4 Å². The number of hydrogen-bond acceptors (Lipinski definition) is 7. The van der Waals surface area contributed by atoms with Crippen LogP contribution in [0.2, 0.25) is 5.02 Å². The first-order chi connectivity index (χ1) is 22.7. The van der Waals surface area contributed by atoms with Crippen molar-refractivity contribution >= 4 is 46.3 Å². The van der Waals surface area contributed by atoms with E-state index in [4.69, 9.17) is 25.7 Å². The third-order valence-corrected chi connectivity index (χ3v) is 8.87. The number of fused-ring (bicyclic) bond motifs is 1. The van der Waals surface area contributed by atoms with Crippen LogP contribution < -0.4 is 9.64 Å². The Morgan fingerprint density at radius 2 is 1.71 bits per heavy atom. The maximum Gasteiger partial charge on any atom is 0.356 e. The molecule has 1 N–H and O–H groups in total. The molecule has 1 aliphatic heterocycles. The van der Waals surface area contributed by atoms with Crippen LogP contribution in [0.5, 0.6) is 5.75 Å². The van der Waals surface area contributed by atoms with Crippen LogP contribution in [0.1, 0.15) is 66.8 Å². The highest BCUT2D eigenvalue weighted by molar-refractivity contribution is 6.30. The third kappa shape index (κ3) is 6.01. The van der Waals surface area contributed by atoms with Gasteiger partial charge in [0, 0.05) is 41.4 Å². The topological polar surface area (TPSA) is 131 Å². The zero-order valence-electron chi connectivity index (χ0n) is 27.6. The van der Waals surface area contributed by atoms with E-state index in [2.05, 4.69) is 25.9 Å². The number of anilines is 1. The zero-order valence-corrected chi connectivity index (χ0v) is 28.3. The normalized spacial score (nSPS) is 14.9. The van der Waals surface area contributed by atoms with Gasteiger partial charge in [0.25, 0.3) is 11.8 Å². The molecule has 48 heavy (non-hydrogen) atoms. The van der Waals surface area contributed by atoms with Crippen LogP contribution in [0.3, 0.4) is 0 Å². The van der Waals surface area contributed by atoms with Gasteiger partial charge in [0.2, 0.25) is 0 Å². The maximum atomic E-state index is 14.1. The van der Waals surface area contributed by atoms with Crippen LogP contribution in [-0.2, 0) is 16.8 Å². The van der Waals surface area contributed by atoms with Gasteiger partial charge in [-0.05, 0) is 55.2 Å². The molecule has 0 aliphatic carbocycles. The number of aromatic carboxylic acids is 1. The molecule has 12 heteroatoms. The summed E-state index contributed by atoms with van der Waals surface area (Å²) >= 11 is 6.11. The SMILES string of the molecule is COc1ccc(Cn2nc(C(=O)O)cc2N2CCN(C(=O)c3cc4nc(-c5ccc(Cl)cc5)cc(C(C)(C)C)c4o3)C(C)(C)C2=O)cc1. The molecule has 1 aliphatic rings. The molecule has 0 radical (unpaired) electrons. The van der Waals surface area contributed by atoms with Gasteiger partial charge in [0.15, 0.2) is 17.0 Å². The first-order valence-corrected chi connectivity index (χ1v) is 15.8. The highest BCUT2D eigenvalue weighted by Gasteiger charge is 2.46. The molecule has 6 rings (SSSR count). The molecule has 4 heterocycles. The van der Waals surface area contributed by atoms with Gasteiger partial charge in [-0.2, -0.15) is 5.10 Å². The fraction of sp³-hybridized carbons (Fsp3) is 0.306. The molecular formula is C36H36ClN5O6. The minimum Gasteiger partial charge on any atom is -0.497 e. The van der Waals surface area contributed by atoms with E-state index in [1.165, 1.54) is 20.5 Å². The van der Waals surface area contributed by atoms with Crippen LogP contribution in [0.15, 0.2) is 71.1 Å². The lowest BCUT2D eigenvalue weighted by atomic mass is 9.86. The number of aromatic nitrogens is 3. The molecule has 1 fully saturated rings. The molecule has 2 aromatic carbocycles. The number of rotatable bonds is 7. The van der Waals surface area contributed by atoms with Gasteiger partial charge < -0.3 is 19.2 Å². The van der Waals surface area contributed by atoms with E-state index >= 15 is 0 Å². The summed E-state index contributed by atoms with van der Waals surface area (Å²) in [5, 5.41) is 14.6. The minimum atomic E-state index is -1.30. The van der Waals surface area contributed by atoms with E-state index in [0.29, 0.717) is 27.7 Å². The van der Waals surface area contributed by atoms with Crippen LogP contribution in [0.25, 0.3) is 22.4 Å². The summed E-state index contributed by atoms with van der Waals surface area (Å²) in [5.74, 6) is -0.964. The molecule has 3 aromatic heterocycles. The average molecular weight is 670 g/mol. The summed E-state index contributed by atoms with van der Waals surface area (Å²) in [4.78, 5) is 47.9. The second-order valence-electron chi connectivity index (χ2n) is 13.3. The quantitative estimate of drug-likeness (QED) is 0.203. The molecule has 0 atom stereocenters. The van der Waals surface area contributed by atoms with Crippen molar-refractivity contribution in [2.45, 2.75) is 52.1 Å². The van der Waals surface area contributed by atoms with Crippen LogP contribution >= 0.6 is 11.6 Å². The Balaban J connectivity index is 1.31. The molecule has 0 unspecified atom stereocenters. The fourth-order valence-corrected chi connectivity index (χ4v) is 6.06. The van der Waals surface area contributed by atoms with E-state index in [1.54, 1.807) is 51.3 Å². The summed E-state index contributed by atoms with van der Waals surface area (Å²) in [6.07, 6.45) is 0. The van der Waals surface area contributed by atoms with Crippen molar-refractivity contribution in [3.8, 4) is 17.0 Å². The second kappa shape index (κ2) is 12.1. The van der Waals surface area contributed by atoms with Gasteiger partial charge in [-0.3, -0.25) is 14.5 Å². The number of hydrogen-bond donors (Lipinski definition) is 1. The number of furan rings is 1. The molecule has 11 nitrogen and oxygen atoms in total. The van der Waals surface area contributed by atoms with E-state index < -0.39 is 17.4 Å². The molecule has 1 saturated heterocycles. The monoisotopic (exact) mass is 669 g/mol. The number of carbonyl (C=O) groups is 3. The number of nitrogens with zero attached hydrogens (tertiary/aromatic N) is 5. The van der Waals surface area contributed by atoms with Crippen LogP contribution in [0.4, 0.5) is 5.82 Å². The number of ether oxygens (including phenoxy) is 1. The number of carbonyl (C=O) groups excluding carboxylic acids is 2. The summed E-state index contributed by atoms with van der Waals surface area (Å²) in [6.45, 7) is 10.0. The predicted molar refractivity (Wildman–Crippen MR) is 182 cm³/mol. The highest BCUT2D eigenvalue weighted by atomic mass is 35.5. The predicted octanol–water partition coefficient (Wildman–Crippen LogP) is 6.66. The summed E-state index contributed by atoms with van der Waals surface area (Å²) in [5.41, 5.74) is 2.54. The first-order valence-electron chi connectivity index (χ1n) is 15.5. The van der Waals surface area contributed by atoms with Crippen molar-refractivity contribution in [1.82, 2.24) is 19.7 Å². The van der Waals surface area contributed by atoms with Gasteiger partial charge in [0.1, 0.15) is 22.6 Å². The number of carboxylic acids is 1. The van der Waals surface area contributed by atoms with Gasteiger partial charge in [-0.1, -0.05) is 56.6 Å². The Kier molecular flexibility index (Phi) is 8.28. The highest BCUT2D eigenvalue weighted by Crippen LogP contribution is 2.36. The number of pyridine rings is 1. The zero-order chi connectivity index (χ0) is 34.5. The van der Waals surface area contributed by atoms with Crippen molar-refractivity contribution in [1.29, 1.82) is 0 Å². The van der Waals surface area contributed by atoms with Crippen molar-refractivity contribution in [3.63, 3.8) is 0 Å². The lowest BCUT2D eigenvalue weighted by Crippen LogP contribution is -2.65. The molecule has 0 bridgehead atoms. The summed E-state index contributed by atoms with van der Waals surface area (Å²) in [6, 6.07) is 19.7. The standard InChI is InChI=1S/C36H36ClN5O6/c1-35(2,3)25-17-26(22-9-11-23(37)12-10-22)38-27-18-29(48-31(25)27)32(43)41-16-15-40(34(46)36(41,4)5)30-19-28(33(44)45)39-42(30)20-21-7-13-24(47-6)14-8-21/h7-14,17-19H,15-16,20H2,1-6H3,(H,44,45). The Bertz CT molecular complexity index is 2040. The van der Waals surface area contributed by atoms with E-state index in [9.17, 15) is 19.5 Å². The van der Waals surface area contributed by atoms with Crippen molar-refractivity contribution in [2.24, 2.45) is 0 Å². The molecule has 5 aromatic rings. The third-order valence-electron chi connectivity index (χ3n) is 8.62. The first kappa shape index (κ1) is 32.8. The fourth-order valence-electron chi connectivity index (χ4n) is 5.94. The Morgan fingerprint density at radius 1 is 1.02 bits per heavy atom. The lowest BCUT2D eigenvalue weighted by molar-refractivity contribution is -0.130. The Labute approximate surface area is 282 Å². The number of amides is 2. The van der Waals surface area contributed by atoms with E-state index in [1.807, 2.05) is 30.3 Å². The Hall–Kier alpha value is -5.16. The molecule has 0 spiro atoms. The van der Waals surface area contributed by atoms with Gasteiger partial charge in [0.05, 0.1) is 19.3 Å². The molecule has 248 valence electrons. The van der Waals surface area contributed by atoms with Gasteiger partial charge in [-0.25, -0.2) is 14.5 Å². The van der Waals surface area contributed by atoms with Crippen molar-refractivity contribution in [3.05, 3.63) is 94.3 Å². The lowest BCUT2D eigenvalue weighted by Gasteiger charge is -2.45. The average Bonchev–Trinajstić information content (AvgIpc) is 3.66. The second-order valence-corrected chi connectivity index (χ2v) is 13.7. The maximum absolute atomic E-state index is 14.1. The number of piperazine rings is 1. The van der Waals surface area contributed by atoms with Gasteiger partial charge in [-0.15, -0.1) is 0 Å². The van der Waals surface area contributed by atoms with Crippen LogP contribution in [-0.4, -0.2) is 68.3 Å². The summed E-state index contributed by atoms with van der Waals surface area (Å²) < 4.78 is 13.0.